The van der Waals surface area contributed by atoms with Crippen molar-refractivity contribution >= 4 is 23.6 Å². The summed E-state index contributed by atoms with van der Waals surface area (Å²) in [5, 5.41) is 3.44. The van der Waals surface area contributed by atoms with Gasteiger partial charge in [0.15, 0.2) is 0 Å². The van der Waals surface area contributed by atoms with Crippen LogP contribution in [0.25, 0.3) is 0 Å². The Labute approximate surface area is 195 Å². The highest BCUT2D eigenvalue weighted by molar-refractivity contribution is 8.00. The highest BCUT2D eigenvalue weighted by Crippen LogP contribution is 2.55. The number of hydrogen-bond donors (Lipinski definition) is 1. The minimum atomic E-state index is -0.0153. The first-order valence-corrected chi connectivity index (χ1v) is 12.8. The number of carbonyl (C=O) groups is 2. The Morgan fingerprint density at radius 1 is 0.938 bits per heavy atom. The van der Waals surface area contributed by atoms with Crippen molar-refractivity contribution in [2.75, 3.05) is 12.8 Å². The first-order chi connectivity index (χ1) is 15.5. The lowest BCUT2D eigenvalue weighted by atomic mass is 9.53. The minimum Gasteiger partial charge on any atom is -0.350 e. The molecule has 0 atom stereocenters. The highest BCUT2D eigenvalue weighted by atomic mass is 32.2. The van der Waals surface area contributed by atoms with Gasteiger partial charge < -0.3 is 10.2 Å². The average Bonchev–Trinajstić information content (AvgIpc) is 2.77. The number of thioether (sulfide) groups is 1. The lowest BCUT2D eigenvalue weighted by molar-refractivity contribution is -0.124. The molecule has 0 unspecified atom stereocenters. The number of amides is 2. The van der Waals surface area contributed by atoms with Crippen LogP contribution in [-0.4, -0.2) is 35.1 Å². The van der Waals surface area contributed by atoms with Crippen LogP contribution in [0.4, 0.5) is 0 Å². The van der Waals surface area contributed by atoms with E-state index in [1.54, 1.807) is 4.90 Å². The molecular formula is C27H32N2O2S. The van der Waals surface area contributed by atoms with Crippen LogP contribution in [0.5, 0.6) is 0 Å². The van der Waals surface area contributed by atoms with Gasteiger partial charge in [0, 0.05) is 24.0 Å². The molecule has 4 nitrogen and oxygen atoms in total. The van der Waals surface area contributed by atoms with E-state index in [1.807, 2.05) is 61.6 Å². The van der Waals surface area contributed by atoms with E-state index in [9.17, 15) is 9.59 Å². The van der Waals surface area contributed by atoms with Crippen LogP contribution in [0.1, 0.15) is 54.4 Å². The Morgan fingerprint density at radius 2 is 1.53 bits per heavy atom. The first-order valence-electron chi connectivity index (χ1n) is 11.8. The Balaban J connectivity index is 1.21. The second kappa shape index (κ2) is 8.93. The molecule has 4 bridgehead atoms. The summed E-state index contributed by atoms with van der Waals surface area (Å²) in [5.41, 5.74) is 1.81. The van der Waals surface area contributed by atoms with Gasteiger partial charge in [-0.2, -0.15) is 0 Å². The zero-order valence-electron chi connectivity index (χ0n) is 18.8. The maximum atomic E-state index is 13.1. The van der Waals surface area contributed by atoms with Crippen LogP contribution in [0, 0.1) is 17.8 Å². The second-order valence-corrected chi connectivity index (χ2v) is 11.2. The number of hydrogen-bond acceptors (Lipinski definition) is 3. The van der Waals surface area contributed by atoms with Gasteiger partial charge in [-0.05, 0) is 74.0 Å². The molecule has 4 aliphatic rings. The standard InChI is InChI=1S/C27H32N2O2S/c1-29(17-19-7-3-2-4-8-19)26(31)23-9-5-6-10-24(23)32-18-25(30)28-27-14-20-11-21(15-27)13-22(12-20)16-27/h2-10,20-22H,11-18H2,1H3,(H,28,30). The normalized spacial score (nSPS) is 27.8. The summed E-state index contributed by atoms with van der Waals surface area (Å²) in [6, 6.07) is 17.6. The largest absolute Gasteiger partial charge is 0.350 e. The molecule has 32 heavy (non-hydrogen) atoms. The smallest absolute Gasteiger partial charge is 0.255 e. The Hall–Kier alpha value is -2.27. The molecule has 0 heterocycles. The van der Waals surface area contributed by atoms with Crippen LogP contribution in [0.2, 0.25) is 0 Å². The third kappa shape index (κ3) is 4.59. The number of carbonyl (C=O) groups excluding carboxylic acids is 2. The summed E-state index contributed by atoms with van der Waals surface area (Å²) < 4.78 is 0. The van der Waals surface area contributed by atoms with Crippen molar-refractivity contribution in [1.29, 1.82) is 0 Å². The minimum absolute atomic E-state index is 0.0153. The molecule has 5 heteroatoms. The van der Waals surface area contributed by atoms with Crippen molar-refractivity contribution in [3.8, 4) is 0 Å². The molecule has 2 aromatic rings. The third-order valence-corrected chi connectivity index (χ3v) is 8.60. The molecule has 4 fully saturated rings. The highest BCUT2D eigenvalue weighted by Gasteiger charge is 2.51. The van der Waals surface area contributed by atoms with Gasteiger partial charge in [-0.1, -0.05) is 42.5 Å². The monoisotopic (exact) mass is 448 g/mol. The zero-order valence-corrected chi connectivity index (χ0v) is 19.6. The summed E-state index contributed by atoms with van der Waals surface area (Å²) in [4.78, 5) is 28.7. The van der Waals surface area contributed by atoms with E-state index in [0.29, 0.717) is 17.9 Å². The maximum absolute atomic E-state index is 13.1. The van der Waals surface area contributed by atoms with Gasteiger partial charge in [0.25, 0.3) is 5.91 Å². The van der Waals surface area contributed by atoms with Crippen LogP contribution < -0.4 is 5.32 Å². The summed E-state index contributed by atoms with van der Waals surface area (Å²) in [5.74, 6) is 2.89. The van der Waals surface area contributed by atoms with Gasteiger partial charge >= 0.3 is 0 Å². The van der Waals surface area contributed by atoms with Crippen molar-refractivity contribution in [2.24, 2.45) is 17.8 Å². The number of nitrogens with zero attached hydrogens (tertiary/aromatic N) is 1. The predicted octanol–water partition coefficient (Wildman–Crippen LogP) is 5.14. The molecule has 168 valence electrons. The lowest BCUT2D eigenvalue weighted by Crippen LogP contribution is -2.60. The van der Waals surface area contributed by atoms with Gasteiger partial charge in [-0.3, -0.25) is 9.59 Å². The van der Waals surface area contributed by atoms with Gasteiger partial charge in [0.1, 0.15) is 0 Å². The van der Waals surface area contributed by atoms with Gasteiger partial charge in [-0.15, -0.1) is 11.8 Å². The fourth-order valence-corrected chi connectivity index (χ4v) is 7.49. The van der Waals surface area contributed by atoms with E-state index in [1.165, 1.54) is 31.0 Å². The van der Waals surface area contributed by atoms with Crippen molar-refractivity contribution in [1.82, 2.24) is 10.2 Å². The van der Waals surface area contributed by atoms with Crippen molar-refractivity contribution < 1.29 is 9.59 Å². The van der Waals surface area contributed by atoms with Crippen molar-refractivity contribution in [2.45, 2.75) is 55.5 Å². The molecule has 0 radical (unpaired) electrons. The molecule has 0 saturated heterocycles. The van der Waals surface area contributed by atoms with Crippen LogP contribution in [-0.2, 0) is 11.3 Å². The average molecular weight is 449 g/mol. The van der Waals surface area contributed by atoms with Gasteiger partial charge in [0.05, 0.1) is 11.3 Å². The molecule has 2 amide bonds. The first kappa shape index (κ1) is 21.6. The molecule has 0 spiro atoms. The fourth-order valence-electron chi connectivity index (χ4n) is 6.64. The summed E-state index contributed by atoms with van der Waals surface area (Å²) in [7, 11) is 1.83. The summed E-state index contributed by atoms with van der Waals surface area (Å²) in [6.45, 7) is 0.561. The van der Waals surface area contributed by atoms with Crippen LogP contribution in [0.3, 0.4) is 0 Å². The number of rotatable bonds is 7. The molecule has 1 N–H and O–H groups in total. The molecule has 4 aliphatic carbocycles. The predicted molar refractivity (Wildman–Crippen MR) is 128 cm³/mol. The van der Waals surface area contributed by atoms with Gasteiger partial charge in [0.2, 0.25) is 5.91 Å². The molecule has 2 aromatic carbocycles. The van der Waals surface area contributed by atoms with Crippen LogP contribution >= 0.6 is 11.8 Å². The van der Waals surface area contributed by atoms with E-state index in [-0.39, 0.29) is 17.4 Å². The van der Waals surface area contributed by atoms with Gasteiger partial charge in [-0.25, -0.2) is 0 Å². The molecule has 0 aliphatic heterocycles. The Kier molecular flexibility index (Phi) is 6.02. The SMILES string of the molecule is CN(Cc1ccccc1)C(=O)c1ccccc1SCC(=O)NC12CC3CC(CC(C3)C1)C2. The van der Waals surface area contributed by atoms with E-state index in [4.69, 9.17) is 0 Å². The lowest BCUT2D eigenvalue weighted by Gasteiger charge is -2.56. The third-order valence-electron chi connectivity index (χ3n) is 7.53. The summed E-state index contributed by atoms with van der Waals surface area (Å²) in [6.07, 6.45) is 7.60. The summed E-state index contributed by atoms with van der Waals surface area (Å²) >= 11 is 1.48. The fraction of sp³-hybridized carbons (Fsp3) is 0.481. The topological polar surface area (TPSA) is 49.4 Å². The van der Waals surface area contributed by atoms with Crippen molar-refractivity contribution in [3.05, 3.63) is 65.7 Å². The molecular weight excluding hydrogens is 416 g/mol. The molecule has 0 aromatic heterocycles. The Bertz CT molecular complexity index is 955. The number of benzene rings is 2. The molecule has 6 rings (SSSR count). The van der Waals surface area contributed by atoms with Crippen molar-refractivity contribution in [3.63, 3.8) is 0 Å². The van der Waals surface area contributed by atoms with E-state index >= 15 is 0 Å². The van der Waals surface area contributed by atoms with E-state index in [2.05, 4.69) is 5.32 Å². The van der Waals surface area contributed by atoms with E-state index in [0.717, 1.165) is 47.5 Å². The number of nitrogens with one attached hydrogen (secondary N) is 1. The second-order valence-electron chi connectivity index (χ2n) is 10.2. The molecule has 4 saturated carbocycles. The quantitative estimate of drug-likeness (QED) is 0.597. The maximum Gasteiger partial charge on any atom is 0.255 e. The van der Waals surface area contributed by atoms with Crippen LogP contribution in [0.15, 0.2) is 59.5 Å². The zero-order chi connectivity index (χ0) is 22.1. The van der Waals surface area contributed by atoms with E-state index < -0.39 is 0 Å². The Morgan fingerprint density at radius 3 is 2.19 bits per heavy atom.